The van der Waals surface area contributed by atoms with Gasteiger partial charge in [-0.3, -0.25) is 19.0 Å². The van der Waals surface area contributed by atoms with E-state index in [1.165, 1.54) is 31.6 Å². The van der Waals surface area contributed by atoms with Crippen molar-refractivity contribution in [2.45, 2.75) is 25.8 Å². The van der Waals surface area contributed by atoms with E-state index in [1.807, 2.05) is 13.0 Å². The fourth-order valence-electron chi connectivity index (χ4n) is 4.47. The lowest BCUT2D eigenvalue weighted by molar-refractivity contribution is -0.122. The molecule has 15 heteroatoms. The number of carbonyl (C=O) groups excluding carboxylic acids is 2. The summed E-state index contributed by atoms with van der Waals surface area (Å²) in [6.07, 6.45) is 5.38. The minimum Gasteiger partial charge on any atom is -0.494 e. The first-order chi connectivity index (χ1) is 21.1. The zero-order valence-corrected chi connectivity index (χ0v) is 24.2. The molecule has 9 N–H and O–H groups in total. The van der Waals surface area contributed by atoms with Crippen LogP contribution < -0.4 is 37.9 Å². The van der Waals surface area contributed by atoms with E-state index in [9.17, 15) is 18.4 Å². The second kappa shape index (κ2) is 14.2. The Morgan fingerprint density at radius 3 is 2.59 bits per heavy atom. The monoisotopic (exact) mass is 608 g/mol. The Hall–Kier alpha value is -5.31. The highest BCUT2D eigenvalue weighted by molar-refractivity contribution is 5.96. The Kier molecular flexibility index (Phi) is 10.2. The summed E-state index contributed by atoms with van der Waals surface area (Å²) in [5.74, 6) is -2.70. The fraction of sp³-hybridized carbons (Fsp3) is 0.276. The van der Waals surface area contributed by atoms with E-state index >= 15 is 0 Å². The Labute approximate surface area is 251 Å². The lowest BCUT2D eigenvalue weighted by Crippen LogP contribution is -2.44. The number of nitrogens with two attached hydrogens (primary N) is 3. The van der Waals surface area contributed by atoms with Gasteiger partial charge in [0.2, 0.25) is 11.7 Å². The van der Waals surface area contributed by atoms with Crippen LogP contribution in [0.4, 0.5) is 20.3 Å². The molecule has 0 fully saturated rings. The van der Waals surface area contributed by atoms with Crippen LogP contribution in [0.2, 0.25) is 0 Å². The molecule has 1 atom stereocenters. The number of ether oxygens (including phenoxy) is 1. The van der Waals surface area contributed by atoms with E-state index in [2.05, 4.69) is 30.9 Å². The summed E-state index contributed by atoms with van der Waals surface area (Å²) >= 11 is 0. The van der Waals surface area contributed by atoms with Gasteiger partial charge in [-0.25, -0.2) is 14.4 Å². The Balaban J connectivity index is 1.41. The molecule has 0 saturated heterocycles. The van der Waals surface area contributed by atoms with Gasteiger partial charge >= 0.3 is 0 Å². The number of hydrogen-bond donors (Lipinski definition) is 6. The van der Waals surface area contributed by atoms with Crippen LogP contribution in [0.25, 0.3) is 16.9 Å². The van der Waals surface area contributed by atoms with Gasteiger partial charge in [-0.2, -0.15) is 4.39 Å². The molecule has 4 aromatic rings. The van der Waals surface area contributed by atoms with Crippen LogP contribution in [0.5, 0.6) is 5.75 Å². The molecule has 0 aliphatic rings. The first-order valence-electron chi connectivity index (χ1n) is 13.8. The van der Waals surface area contributed by atoms with Gasteiger partial charge in [0.15, 0.2) is 29.0 Å². The number of aryl methyl sites for hydroxylation is 1. The number of nitrogens with zero attached hydrogens (tertiary/aromatic N) is 4. The maximum atomic E-state index is 14.8. The molecule has 4 rings (SSSR count). The topological polar surface area (TPSA) is 200 Å². The van der Waals surface area contributed by atoms with Crippen molar-refractivity contribution >= 4 is 34.9 Å². The predicted molar refractivity (Wildman–Crippen MR) is 163 cm³/mol. The maximum Gasteiger partial charge on any atom is 0.251 e. The number of benzene rings is 2. The summed E-state index contributed by atoms with van der Waals surface area (Å²) in [6.45, 7) is 2.54. The molecule has 0 saturated carbocycles. The molecule has 0 aliphatic carbocycles. The van der Waals surface area contributed by atoms with Crippen LogP contribution in [-0.4, -0.2) is 64.9 Å². The van der Waals surface area contributed by atoms with Crippen molar-refractivity contribution in [3.63, 3.8) is 0 Å². The van der Waals surface area contributed by atoms with Crippen molar-refractivity contribution in [1.82, 2.24) is 25.0 Å². The van der Waals surface area contributed by atoms with E-state index in [0.717, 1.165) is 5.56 Å². The Morgan fingerprint density at radius 2 is 1.86 bits per heavy atom. The molecule has 2 amide bonds. The predicted octanol–water partition coefficient (Wildman–Crippen LogP) is 1.83. The van der Waals surface area contributed by atoms with Crippen molar-refractivity contribution in [1.29, 1.82) is 0 Å². The quantitative estimate of drug-likeness (QED) is 0.0744. The second-order valence-electron chi connectivity index (χ2n) is 9.66. The normalized spacial score (nSPS) is 11.6. The lowest BCUT2D eigenvalue weighted by atomic mass is 10.0. The summed E-state index contributed by atoms with van der Waals surface area (Å²) < 4.78 is 35.6. The number of imidazole rings is 1. The third-order valence-electron chi connectivity index (χ3n) is 6.75. The molecule has 0 unspecified atom stereocenters. The standard InChI is InChI=1S/C29H34F2N10O3/c1-3-16-14-17(4-5-18(16)27(42)36-10-11-37-28(43)20(32)8-9-38-29(33)34)40-25-26-39-15-21(41(26)13-12-35-25)19-6-7-22(44-2)24(31)23(19)30/h4-7,12-15,20H,3,8-11,32H2,1-2H3,(H,35,40)(H,36,42)(H,37,43)(H4,33,34,38)/t20-/m0/s1. The number of carbonyl (C=O) groups is 2. The summed E-state index contributed by atoms with van der Waals surface area (Å²) in [5, 5.41) is 8.66. The second-order valence-corrected chi connectivity index (χ2v) is 9.66. The Bertz CT molecular complexity index is 1690. The molecule has 0 aliphatic heterocycles. The number of hydrogen-bond acceptors (Lipinski definition) is 8. The van der Waals surface area contributed by atoms with Crippen LogP contribution in [0, 0.1) is 11.6 Å². The van der Waals surface area contributed by atoms with Crippen LogP contribution in [0.15, 0.2) is 53.9 Å². The van der Waals surface area contributed by atoms with Gasteiger partial charge in [-0.1, -0.05) is 6.92 Å². The van der Waals surface area contributed by atoms with Crippen LogP contribution >= 0.6 is 0 Å². The highest BCUT2D eigenvalue weighted by atomic mass is 19.2. The highest BCUT2D eigenvalue weighted by Gasteiger charge is 2.20. The number of fused-ring (bicyclic) bond motifs is 1. The van der Waals surface area contributed by atoms with E-state index < -0.39 is 17.7 Å². The van der Waals surface area contributed by atoms with E-state index in [4.69, 9.17) is 21.9 Å². The third kappa shape index (κ3) is 7.18. The molecule has 0 spiro atoms. The van der Waals surface area contributed by atoms with Gasteiger partial charge in [0.05, 0.1) is 25.0 Å². The van der Waals surface area contributed by atoms with Crippen molar-refractivity contribution in [3.8, 4) is 17.0 Å². The minimum atomic E-state index is -1.09. The number of amides is 2. The van der Waals surface area contributed by atoms with Gasteiger partial charge in [0.25, 0.3) is 5.91 Å². The fourth-order valence-corrected chi connectivity index (χ4v) is 4.47. The molecular formula is C29H34F2N10O3. The smallest absolute Gasteiger partial charge is 0.251 e. The zero-order valence-electron chi connectivity index (χ0n) is 24.2. The molecule has 232 valence electrons. The number of rotatable bonds is 13. The largest absolute Gasteiger partial charge is 0.494 e. The number of halogens is 2. The number of methoxy groups -OCH3 is 1. The summed E-state index contributed by atoms with van der Waals surface area (Å²) in [6, 6.07) is 7.22. The molecule has 0 radical (unpaired) electrons. The third-order valence-corrected chi connectivity index (χ3v) is 6.75. The van der Waals surface area contributed by atoms with Crippen molar-refractivity contribution in [2.24, 2.45) is 22.2 Å². The molecule has 0 bridgehead atoms. The summed E-state index contributed by atoms with van der Waals surface area (Å²) in [5.41, 5.74) is 19.0. The molecule has 13 nitrogen and oxygen atoms in total. The van der Waals surface area contributed by atoms with Crippen molar-refractivity contribution in [2.75, 3.05) is 32.1 Å². The van der Waals surface area contributed by atoms with Gasteiger partial charge in [-0.05, 0) is 48.7 Å². The van der Waals surface area contributed by atoms with Gasteiger partial charge in [0.1, 0.15) is 0 Å². The molecule has 2 heterocycles. The maximum absolute atomic E-state index is 14.8. The molecule has 2 aromatic carbocycles. The summed E-state index contributed by atoms with van der Waals surface area (Å²) in [4.78, 5) is 37.5. The Morgan fingerprint density at radius 1 is 1.09 bits per heavy atom. The average molecular weight is 609 g/mol. The SMILES string of the molecule is CCc1cc(Nc2nccn3c(-c4ccc(OC)c(F)c4F)cnc23)ccc1C(=O)NCCNC(=O)[C@@H](N)CCN=C(N)N. The van der Waals surface area contributed by atoms with Gasteiger partial charge < -0.3 is 37.9 Å². The lowest BCUT2D eigenvalue weighted by Gasteiger charge is -2.14. The zero-order chi connectivity index (χ0) is 31.8. The van der Waals surface area contributed by atoms with Crippen molar-refractivity contribution < 1.29 is 23.1 Å². The van der Waals surface area contributed by atoms with Crippen molar-refractivity contribution in [3.05, 3.63) is 71.7 Å². The molecule has 2 aromatic heterocycles. The first-order valence-corrected chi connectivity index (χ1v) is 13.8. The van der Waals surface area contributed by atoms with Crippen LogP contribution in [-0.2, 0) is 11.2 Å². The number of aliphatic imine (C=N–C) groups is 1. The van der Waals surface area contributed by atoms with Gasteiger partial charge in [-0.15, -0.1) is 0 Å². The number of nitrogens with one attached hydrogen (secondary N) is 3. The molecule has 44 heavy (non-hydrogen) atoms. The average Bonchev–Trinajstić information content (AvgIpc) is 3.45. The number of aromatic nitrogens is 3. The van der Waals surface area contributed by atoms with Gasteiger partial charge in [0, 0.05) is 48.8 Å². The first kappa shape index (κ1) is 31.6. The van der Waals surface area contributed by atoms with E-state index in [1.54, 1.807) is 22.7 Å². The number of anilines is 2. The van der Waals surface area contributed by atoms with Crippen LogP contribution in [0.1, 0.15) is 29.3 Å². The number of guanidine groups is 1. The highest BCUT2D eigenvalue weighted by Crippen LogP contribution is 2.31. The van der Waals surface area contributed by atoms with Crippen LogP contribution in [0.3, 0.4) is 0 Å². The van der Waals surface area contributed by atoms with E-state index in [-0.39, 0.29) is 55.1 Å². The molecular weight excluding hydrogens is 574 g/mol. The van der Waals surface area contributed by atoms with E-state index in [0.29, 0.717) is 34.8 Å². The minimum absolute atomic E-state index is 0.0156. The summed E-state index contributed by atoms with van der Waals surface area (Å²) in [7, 11) is 1.26.